The van der Waals surface area contributed by atoms with Crippen molar-refractivity contribution in [2.45, 2.75) is 13.0 Å². The van der Waals surface area contributed by atoms with Crippen molar-refractivity contribution in [1.29, 1.82) is 0 Å². The Morgan fingerprint density at radius 2 is 2.17 bits per heavy atom. The fourth-order valence-corrected chi connectivity index (χ4v) is 4.30. The van der Waals surface area contributed by atoms with Crippen LogP contribution < -0.4 is 10.1 Å². The molecule has 3 rings (SSSR count). The first-order valence-electron chi connectivity index (χ1n) is 7.84. The van der Waals surface area contributed by atoms with Gasteiger partial charge in [-0.2, -0.15) is 0 Å². The van der Waals surface area contributed by atoms with Gasteiger partial charge in [0.05, 0.1) is 17.1 Å². The Morgan fingerprint density at radius 3 is 2.83 bits per heavy atom. The van der Waals surface area contributed by atoms with E-state index in [0.717, 1.165) is 31.7 Å². The van der Waals surface area contributed by atoms with Crippen molar-refractivity contribution in [1.82, 2.24) is 10.2 Å². The Labute approximate surface area is 149 Å². The molecule has 6 heteroatoms. The van der Waals surface area contributed by atoms with Gasteiger partial charge in [0.15, 0.2) is 11.5 Å². The quantitative estimate of drug-likeness (QED) is 0.809. The van der Waals surface area contributed by atoms with Crippen LogP contribution in [0.4, 0.5) is 0 Å². The van der Waals surface area contributed by atoms with Gasteiger partial charge in [-0.15, -0.1) is 11.3 Å². The summed E-state index contributed by atoms with van der Waals surface area (Å²) in [5, 5.41) is 15.7. The summed E-state index contributed by atoms with van der Waals surface area (Å²) in [6.45, 7) is 6.46. The Balaban J connectivity index is 2.02. The number of halogens is 1. The number of hydrogen-bond acceptors (Lipinski definition) is 5. The van der Waals surface area contributed by atoms with E-state index in [0.29, 0.717) is 16.8 Å². The van der Waals surface area contributed by atoms with Crippen LogP contribution in [0.3, 0.4) is 0 Å². The fraction of sp³-hybridized carbons (Fsp3) is 0.412. The summed E-state index contributed by atoms with van der Waals surface area (Å²) < 4.78 is 6.28. The molecule has 1 fully saturated rings. The number of ether oxygens (including phenoxy) is 1. The molecule has 2 aromatic rings. The molecule has 23 heavy (non-hydrogen) atoms. The van der Waals surface area contributed by atoms with Crippen molar-refractivity contribution in [2.75, 3.05) is 32.8 Å². The molecule has 4 nitrogen and oxygen atoms in total. The maximum absolute atomic E-state index is 10.2. The number of rotatable bonds is 5. The summed E-state index contributed by atoms with van der Waals surface area (Å²) in [7, 11) is 0. The molecule has 0 radical (unpaired) electrons. The molecule has 0 unspecified atom stereocenters. The predicted molar refractivity (Wildman–Crippen MR) is 97.6 cm³/mol. The molecule has 0 aliphatic carbocycles. The highest BCUT2D eigenvalue weighted by Gasteiger charge is 2.26. The fourth-order valence-electron chi connectivity index (χ4n) is 2.96. The number of phenolic OH excluding ortho intramolecular Hbond substituents is 1. The van der Waals surface area contributed by atoms with Gasteiger partial charge in [-0.1, -0.05) is 6.07 Å². The van der Waals surface area contributed by atoms with Crippen LogP contribution in [0.15, 0.2) is 34.1 Å². The maximum atomic E-state index is 10.2. The minimum Gasteiger partial charge on any atom is -0.503 e. The van der Waals surface area contributed by atoms with E-state index in [9.17, 15) is 5.11 Å². The predicted octanol–water partition coefficient (Wildman–Crippen LogP) is 3.61. The van der Waals surface area contributed by atoms with Crippen LogP contribution in [0.5, 0.6) is 11.5 Å². The smallest absolute Gasteiger partial charge is 0.172 e. The van der Waals surface area contributed by atoms with Gasteiger partial charge < -0.3 is 15.2 Å². The Hall–Kier alpha value is -1.08. The summed E-state index contributed by atoms with van der Waals surface area (Å²) in [5.74, 6) is 0.703. The highest BCUT2D eigenvalue weighted by Crippen LogP contribution is 2.41. The molecule has 124 valence electrons. The lowest BCUT2D eigenvalue weighted by molar-refractivity contribution is 0.200. The summed E-state index contributed by atoms with van der Waals surface area (Å²) in [4.78, 5) is 3.79. The second-order valence-electron chi connectivity index (χ2n) is 5.49. The first kappa shape index (κ1) is 16.8. The normalized spacial score (nSPS) is 17.1. The minimum absolute atomic E-state index is 0.167. The molecule has 0 amide bonds. The van der Waals surface area contributed by atoms with Crippen LogP contribution in [0.25, 0.3) is 0 Å². The molecule has 1 saturated heterocycles. The van der Waals surface area contributed by atoms with Crippen molar-refractivity contribution in [3.8, 4) is 11.5 Å². The number of thiophene rings is 1. The van der Waals surface area contributed by atoms with E-state index in [1.54, 1.807) is 11.3 Å². The number of nitrogens with zero attached hydrogens (tertiary/aromatic N) is 1. The highest BCUT2D eigenvalue weighted by atomic mass is 79.9. The third-order valence-corrected chi connectivity index (χ3v) is 5.52. The van der Waals surface area contributed by atoms with Gasteiger partial charge in [-0.25, -0.2) is 0 Å². The maximum Gasteiger partial charge on any atom is 0.172 e. The van der Waals surface area contributed by atoms with Crippen molar-refractivity contribution in [2.24, 2.45) is 0 Å². The van der Waals surface area contributed by atoms with Crippen molar-refractivity contribution in [3.05, 3.63) is 44.6 Å². The lowest BCUT2D eigenvalue weighted by Gasteiger charge is -2.35. The van der Waals surface area contributed by atoms with E-state index < -0.39 is 0 Å². The van der Waals surface area contributed by atoms with Gasteiger partial charge in [-0.05, 0) is 52.0 Å². The van der Waals surface area contributed by atoms with E-state index >= 15 is 0 Å². The molecular weight excluding hydrogens is 376 g/mol. The van der Waals surface area contributed by atoms with E-state index in [1.807, 2.05) is 19.1 Å². The Kier molecular flexibility index (Phi) is 5.58. The molecule has 1 aromatic carbocycles. The molecule has 0 bridgehead atoms. The van der Waals surface area contributed by atoms with Crippen LogP contribution in [0.2, 0.25) is 0 Å². The number of hydrogen-bond donors (Lipinski definition) is 2. The molecule has 0 saturated carbocycles. The molecule has 1 atom stereocenters. The van der Waals surface area contributed by atoms with E-state index in [4.69, 9.17) is 4.74 Å². The topological polar surface area (TPSA) is 44.7 Å². The highest BCUT2D eigenvalue weighted by molar-refractivity contribution is 9.10. The Morgan fingerprint density at radius 1 is 1.39 bits per heavy atom. The van der Waals surface area contributed by atoms with Crippen LogP contribution in [-0.4, -0.2) is 42.8 Å². The van der Waals surface area contributed by atoms with E-state index in [-0.39, 0.29) is 11.8 Å². The standard InChI is InChI=1S/C17H21BrN2O2S/c1-2-22-14-11-12(10-13(18)17(14)21)16(15-4-3-9-23-15)20-7-5-19-6-8-20/h3-4,9-11,16,19,21H,2,5-8H2,1H3/t16-/m0/s1. The number of phenols is 1. The van der Waals surface area contributed by atoms with Gasteiger partial charge in [0.25, 0.3) is 0 Å². The number of piperazine rings is 1. The third-order valence-electron chi connectivity index (χ3n) is 4.00. The number of nitrogens with one attached hydrogen (secondary N) is 1. The summed E-state index contributed by atoms with van der Waals surface area (Å²) in [6, 6.07) is 8.43. The van der Waals surface area contributed by atoms with Gasteiger partial charge in [0, 0.05) is 31.1 Å². The van der Waals surface area contributed by atoms with E-state index in [2.05, 4.69) is 43.7 Å². The van der Waals surface area contributed by atoms with Gasteiger partial charge in [-0.3, -0.25) is 4.90 Å². The molecule has 1 aliphatic rings. The molecule has 2 heterocycles. The van der Waals surface area contributed by atoms with Crippen molar-refractivity contribution >= 4 is 27.3 Å². The summed E-state index contributed by atoms with van der Waals surface area (Å²) >= 11 is 5.23. The first-order valence-corrected chi connectivity index (χ1v) is 9.51. The zero-order chi connectivity index (χ0) is 16.2. The van der Waals surface area contributed by atoms with Crippen LogP contribution in [0.1, 0.15) is 23.4 Å². The van der Waals surface area contributed by atoms with E-state index in [1.165, 1.54) is 4.88 Å². The largest absolute Gasteiger partial charge is 0.503 e. The van der Waals surface area contributed by atoms with Crippen LogP contribution in [-0.2, 0) is 0 Å². The zero-order valence-electron chi connectivity index (χ0n) is 13.1. The molecular formula is C17H21BrN2O2S. The second-order valence-corrected chi connectivity index (χ2v) is 7.32. The third kappa shape index (κ3) is 3.71. The molecule has 0 spiro atoms. The lowest BCUT2D eigenvalue weighted by Crippen LogP contribution is -2.45. The zero-order valence-corrected chi connectivity index (χ0v) is 15.5. The lowest BCUT2D eigenvalue weighted by atomic mass is 10.0. The van der Waals surface area contributed by atoms with Crippen molar-refractivity contribution < 1.29 is 9.84 Å². The van der Waals surface area contributed by atoms with Crippen LogP contribution in [0, 0.1) is 0 Å². The number of aromatic hydroxyl groups is 1. The minimum atomic E-state index is 0.167. The van der Waals surface area contributed by atoms with Gasteiger partial charge in [0.1, 0.15) is 0 Å². The summed E-state index contributed by atoms with van der Waals surface area (Å²) in [6.07, 6.45) is 0. The molecule has 2 N–H and O–H groups in total. The molecule has 1 aliphatic heterocycles. The molecule has 1 aromatic heterocycles. The van der Waals surface area contributed by atoms with Crippen LogP contribution >= 0.6 is 27.3 Å². The second kappa shape index (κ2) is 7.66. The monoisotopic (exact) mass is 396 g/mol. The average molecular weight is 397 g/mol. The SMILES string of the molecule is CCOc1cc([C@@H](c2cccs2)N2CCNCC2)cc(Br)c1O. The first-order chi connectivity index (χ1) is 11.2. The average Bonchev–Trinajstić information content (AvgIpc) is 3.08. The van der Waals surface area contributed by atoms with Crippen molar-refractivity contribution in [3.63, 3.8) is 0 Å². The van der Waals surface area contributed by atoms with Gasteiger partial charge in [0.2, 0.25) is 0 Å². The van der Waals surface area contributed by atoms with Gasteiger partial charge >= 0.3 is 0 Å². The summed E-state index contributed by atoms with van der Waals surface area (Å²) in [5.41, 5.74) is 1.14. The Bertz CT molecular complexity index is 642. The number of benzene rings is 1.